The fourth-order valence-electron chi connectivity index (χ4n) is 3.00. The largest absolute Gasteiger partial charge is 0.387 e. The lowest BCUT2D eigenvalue weighted by Crippen LogP contribution is -2.41. The molecule has 0 aliphatic heterocycles. The third kappa shape index (κ3) is 3.33. The minimum absolute atomic E-state index is 0.366. The maximum Gasteiger partial charge on any atom is 0.0917 e. The van der Waals surface area contributed by atoms with Gasteiger partial charge in [0.1, 0.15) is 0 Å². The van der Waals surface area contributed by atoms with Gasteiger partial charge in [0.15, 0.2) is 0 Å². The van der Waals surface area contributed by atoms with E-state index in [1.165, 1.54) is 25.7 Å². The molecule has 1 aromatic carbocycles. The van der Waals surface area contributed by atoms with Crippen LogP contribution in [0.1, 0.15) is 51.2 Å². The molecule has 0 aromatic heterocycles. The molecule has 0 amide bonds. The molecule has 1 N–H and O–H groups in total. The summed E-state index contributed by atoms with van der Waals surface area (Å²) in [6, 6.07) is 11.2. The van der Waals surface area contributed by atoms with Gasteiger partial charge in [0.05, 0.1) is 6.10 Å². The molecule has 1 aliphatic rings. The van der Waals surface area contributed by atoms with Crippen LogP contribution in [0.3, 0.4) is 0 Å². The van der Waals surface area contributed by atoms with Crippen molar-refractivity contribution in [2.45, 2.75) is 57.7 Å². The Morgan fingerprint density at radius 3 is 2.33 bits per heavy atom. The van der Waals surface area contributed by atoms with Crippen LogP contribution in [0.4, 0.5) is 0 Å². The Hall–Kier alpha value is -0.860. The first kappa shape index (κ1) is 13.6. The smallest absolute Gasteiger partial charge is 0.0917 e. The zero-order valence-electron chi connectivity index (χ0n) is 11.5. The van der Waals surface area contributed by atoms with E-state index >= 15 is 0 Å². The monoisotopic (exact) mass is 247 g/mol. The summed E-state index contributed by atoms with van der Waals surface area (Å²) in [5.41, 5.74) is 1.03. The summed E-state index contributed by atoms with van der Waals surface area (Å²) in [5.74, 6) is 0. The first-order chi connectivity index (χ1) is 8.68. The minimum atomic E-state index is -0.366. The lowest BCUT2D eigenvalue weighted by Gasteiger charge is -2.34. The van der Waals surface area contributed by atoms with Gasteiger partial charge < -0.3 is 5.11 Å². The minimum Gasteiger partial charge on any atom is -0.387 e. The van der Waals surface area contributed by atoms with Crippen LogP contribution < -0.4 is 0 Å². The second-order valence-electron chi connectivity index (χ2n) is 5.66. The number of hydrogen-bond donors (Lipinski definition) is 1. The summed E-state index contributed by atoms with van der Waals surface area (Å²) < 4.78 is 0. The molecule has 2 rings (SSSR count). The molecule has 1 aliphatic carbocycles. The van der Waals surface area contributed by atoms with E-state index in [0.29, 0.717) is 12.1 Å². The summed E-state index contributed by atoms with van der Waals surface area (Å²) in [6.07, 6.45) is 4.90. The SMILES string of the molecule is CC(C)N(CC(O)c1ccccc1)C1CCCC1. The molecule has 0 spiro atoms. The van der Waals surface area contributed by atoms with E-state index in [2.05, 4.69) is 18.7 Å². The van der Waals surface area contributed by atoms with E-state index < -0.39 is 0 Å². The molecule has 2 heteroatoms. The molecule has 0 saturated heterocycles. The van der Waals surface area contributed by atoms with Crippen LogP contribution in [0.15, 0.2) is 30.3 Å². The molecular formula is C16H25NO. The highest BCUT2D eigenvalue weighted by Gasteiger charge is 2.26. The summed E-state index contributed by atoms with van der Waals surface area (Å²) in [6.45, 7) is 5.22. The fourth-order valence-corrected chi connectivity index (χ4v) is 3.00. The molecule has 0 radical (unpaired) electrons. The van der Waals surface area contributed by atoms with Crippen molar-refractivity contribution >= 4 is 0 Å². The second kappa shape index (κ2) is 6.35. The molecule has 0 bridgehead atoms. The highest BCUT2D eigenvalue weighted by molar-refractivity contribution is 5.17. The van der Waals surface area contributed by atoms with Crippen LogP contribution >= 0.6 is 0 Å². The number of aliphatic hydroxyl groups is 1. The standard InChI is InChI=1S/C16H25NO/c1-13(2)17(15-10-6-7-11-15)12-16(18)14-8-4-3-5-9-14/h3-5,8-9,13,15-16,18H,6-7,10-12H2,1-2H3. The molecule has 18 heavy (non-hydrogen) atoms. The highest BCUT2D eigenvalue weighted by Crippen LogP contribution is 2.27. The fraction of sp³-hybridized carbons (Fsp3) is 0.625. The molecule has 1 unspecified atom stereocenters. The Balaban J connectivity index is 2.00. The van der Waals surface area contributed by atoms with E-state index in [4.69, 9.17) is 0 Å². The topological polar surface area (TPSA) is 23.5 Å². The molecular weight excluding hydrogens is 222 g/mol. The maximum atomic E-state index is 10.4. The zero-order valence-corrected chi connectivity index (χ0v) is 11.5. The predicted molar refractivity (Wildman–Crippen MR) is 75.5 cm³/mol. The van der Waals surface area contributed by atoms with Crippen LogP contribution in [-0.2, 0) is 0 Å². The number of nitrogens with zero attached hydrogens (tertiary/aromatic N) is 1. The molecule has 1 aromatic rings. The van der Waals surface area contributed by atoms with Gasteiger partial charge in [-0.1, -0.05) is 43.2 Å². The summed E-state index contributed by atoms with van der Waals surface area (Å²) >= 11 is 0. The Bertz CT molecular complexity index is 343. The lowest BCUT2D eigenvalue weighted by atomic mass is 10.1. The van der Waals surface area contributed by atoms with Crippen molar-refractivity contribution in [3.05, 3.63) is 35.9 Å². The van der Waals surface area contributed by atoms with E-state index in [0.717, 1.165) is 12.1 Å². The Morgan fingerprint density at radius 2 is 1.78 bits per heavy atom. The van der Waals surface area contributed by atoms with E-state index in [9.17, 15) is 5.11 Å². The van der Waals surface area contributed by atoms with Crippen LogP contribution in [0.25, 0.3) is 0 Å². The van der Waals surface area contributed by atoms with Crippen molar-refractivity contribution in [3.8, 4) is 0 Å². The van der Waals surface area contributed by atoms with Crippen LogP contribution in [0.5, 0.6) is 0 Å². The van der Waals surface area contributed by atoms with E-state index in [1.54, 1.807) is 0 Å². The lowest BCUT2D eigenvalue weighted by molar-refractivity contribution is 0.0669. The van der Waals surface area contributed by atoms with E-state index in [1.807, 2.05) is 30.3 Å². The van der Waals surface area contributed by atoms with Gasteiger partial charge in [-0.2, -0.15) is 0 Å². The van der Waals surface area contributed by atoms with Gasteiger partial charge in [-0.05, 0) is 32.3 Å². The van der Waals surface area contributed by atoms with Gasteiger partial charge in [-0.25, -0.2) is 0 Å². The molecule has 2 nitrogen and oxygen atoms in total. The first-order valence-corrected chi connectivity index (χ1v) is 7.17. The highest BCUT2D eigenvalue weighted by atomic mass is 16.3. The van der Waals surface area contributed by atoms with Gasteiger partial charge in [-0.3, -0.25) is 4.90 Å². The van der Waals surface area contributed by atoms with Gasteiger partial charge >= 0.3 is 0 Å². The average molecular weight is 247 g/mol. The number of benzene rings is 1. The van der Waals surface area contributed by atoms with E-state index in [-0.39, 0.29) is 6.10 Å². The second-order valence-corrected chi connectivity index (χ2v) is 5.66. The van der Waals surface area contributed by atoms with Crippen molar-refractivity contribution in [2.24, 2.45) is 0 Å². The van der Waals surface area contributed by atoms with Gasteiger partial charge in [0.25, 0.3) is 0 Å². The molecule has 0 heterocycles. The Labute approximate surface area is 111 Å². The van der Waals surface area contributed by atoms with Crippen molar-refractivity contribution in [1.82, 2.24) is 4.90 Å². The molecule has 100 valence electrons. The van der Waals surface area contributed by atoms with Crippen molar-refractivity contribution < 1.29 is 5.11 Å². The number of hydrogen-bond acceptors (Lipinski definition) is 2. The molecule has 1 saturated carbocycles. The predicted octanol–water partition coefficient (Wildman–Crippen LogP) is 3.37. The summed E-state index contributed by atoms with van der Waals surface area (Å²) in [7, 11) is 0. The van der Waals surface area contributed by atoms with Gasteiger partial charge in [0.2, 0.25) is 0 Å². The van der Waals surface area contributed by atoms with Crippen LogP contribution in [0, 0.1) is 0 Å². The quantitative estimate of drug-likeness (QED) is 0.862. The molecule has 1 fully saturated rings. The third-order valence-electron chi connectivity index (χ3n) is 4.03. The van der Waals surface area contributed by atoms with Crippen LogP contribution in [-0.4, -0.2) is 28.6 Å². The van der Waals surface area contributed by atoms with Crippen molar-refractivity contribution in [2.75, 3.05) is 6.54 Å². The molecule has 1 atom stereocenters. The van der Waals surface area contributed by atoms with Gasteiger partial charge in [0, 0.05) is 18.6 Å². The number of aliphatic hydroxyl groups excluding tert-OH is 1. The Kier molecular flexibility index (Phi) is 4.79. The van der Waals surface area contributed by atoms with Gasteiger partial charge in [-0.15, -0.1) is 0 Å². The zero-order chi connectivity index (χ0) is 13.0. The third-order valence-corrected chi connectivity index (χ3v) is 4.03. The summed E-state index contributed by atoms with van der Waals surface area (Å²) in [4.78, 5) is 2.48. The van der Waals surface area contributed by atoms with Crippen molar-refractivity contribution in [1.29, 1.82) is 0 Å². The average Bonchev–Trinajstić information content (AvgIpc) is 2.90. The van der Waals surface area contributed by atoms with Crippen LogP contribution in [0.2, 0.25) is 0 Å². The maximum absolute atomic E-state index is 10.4. The first-order valence-electron chi connectivity index (χ1n) is 7.17. The number of rotatable bonds is 5. The Morgan fingerprint density at radius 1 is 1.17 bits per heavy atom. The normalized spacial score (nSPS) is 18.7. The van der Waals surface area contributed by atoms with Crippen molar-refractivity contribution in [3.63, 3.8) is 0 Å². The summed E-state index contributed by atoms with van der Waals surface area (Å²) in [5, 5.41) is 10.4.